The van der Waals surface area contributed by atoms with Crippen molar-refractivity contribution in [1.82, 2.24) is 10.2 Å². The van der Waals surface area contributed by atoms with Crippen LogP contribution < -0.4 is 5.32 Å². The zero-order valence-corrected chi connectivity index (χ0v) is 12.9. The van der Waals surface area contributed by atoms with E-state index in [9.17, 15) is 5.26 Å². The molecule has 112 valence electrons. The summed E-state index contributed by atoms with van der Waals surface area (Å²) in [6, 6.07) is 13.4. The number of benzene rings is 1. The molecule has 2 atom stereocenters. The Morgan fingerprint density at radius 1 is 1.29 bits per heavy atom. The van der Waals surface area contributed by atoms with Gasteiger partial charge in [-0.05, 0) is 43.7 Å². The Bertz CT molecular complexity index is 503. The van der Waals surface area contributed by atoms with Gasteiger partial charge in [0.05, 0.1) is 6.07 Å². The van der Waals surface area contributed by atoms with E-state index >= 15 is 0 Å². The monoisotopic (exact) mass is 283 g/mol. The highest BCUT2D eigenvalue weighted by molar-refractivity contribution is 5.33. The molecule has 1 saturated heterocycles. The van der Waals surface area contributed by atoms with Crippen LogP contribution in [-0.4, -0.2) is 30.6 Å². The summed E-state index contributed by atoms with van der Waals surface area (Å²) in [6.07, 6.45) is 4.97. The van der Waals surface area contributed by atoms with Crippen LogP contribution in [0.5, 0.6) is 0 Å². The molecule has 21 heavy (non-hydrogen) atoms. The summed E-state index contributed by atoms with van der Waals surface area (Å²) in [4.78, 5) is 2.47. The summed E-state index contributed by atoms with van der Waals surface area (Å²) in [7, 11) is 0. The number of likely N-dealkylation sites (tertiary alicyclic amines) is 1. The Kier molecular flexibility index (Phi) is 4.28. The van der Waals surface area contributed by atoms with Crippen LogP contribution in [0.1, 0.15) is 38.2 Å². The molecule has 3 nitrogen and oxygen atoms in total. The molecule has 2 aliphatic rings. The van der Waals surface area contributed by atoms with Gasteiger partial charge >= 0.3 is 0 Å². The molecule has 0 bridgehead atoms. The molecular formula is C18H25N3. The molecule has 1 heterocycles. The minimum atomic E-state index is -0.556. The van der Waals surface area contributed by atoms with Crippen molar-refractivity contribution in [1.29, 1.82) is 5.26 Å². The lowest BCUT2D eigenvalue weighted by Gasteiger charge is -2.38. The Morgan fingerprint density at radius 3 is 2.67 bits per heavy atom. The van der Waals surface area contributed by atoms with Crippen molar-refractivity contribution in [3.05, 3.63) is 35.9 Å². The molecule has 1 aliphatic carbocycles. The van der Waals surface area contributed by atoms with Crippen LogP contribution in [0.15, 0.2) is 30.3 Å². The van der Waals surface area contributed by atoms with Gasteiger partial charge in [0.25, 0.3) is 0 Å². The quantitative estimate of drug-likeness (QED) is 0.903. The van der Waals surface area contributed by atoms with E-state index in [1.54, 1.807) is 0 Å². The minimum Gasteiger partial charge on any atom is -0.300 e. The summed E-state index contributed by atoms with van der Waals surface area (Å²) < 4.78 is 0. The van der Waals surface area contributed by atoms with Gasteiger partial charge in [0.1, 0.15) is 5.54 Å². The molecule has 1 saturated carbocycles. The van der Waals surface area contributed by atoms with E-state index in [1.165, 1.54) is 25.7 Å². The second kappa shape index (κ2) is 6.17. The fraction of sp³-hybridized carbons (Fsp3) is 0.611. The summed E-state index contributed by atoms with van der Waals surface area (Å²) in [5.74, 6) is 0.742. The normalized spacial score (nSPS) is 26.0. The van der Waals surface area contributed by atoms with Crippen LogP contribution in [-0.2, 0) is 5.54 Å². The topological polar surface area (TPSA) is 39.1 Å². The van der Waals surface area contributed by atoms with Gasteiger partial charge in [-0.1, -0.05) is 37.3 Å². The van der Waals surface area contributed by atoms with Crippen LogP contribution in [0.2, 0.25) is 0 Å². The third-order valence-electron chi connectivity index (χ3n) is 4.69. The minimum absolute atomic E-state index is 0.520. The number of hydrogen-bond acceptors (Lipinski definition) is 3. The lowest BCUT2D eigenvalue weighted by atomic mass is 9.89. The average molecular weight is 283 g/mol. The molecule has 1 aromatic rings. The van der Waals surface area contributed by atoms with Gasteiger partial charge in [0.2, 0.25) is 0 Å². The molecule has 0 spiro atoms. The SMILES string of the molecule is CC1CCCN(CC(C#N)(NC2CC2)c2ccccc2)C1. The highest BCUT2D eigenvalue weighted by Crippen LogP contribution is 2.30. The number of nitrogens with one attached hydrogen (secondary N) is 1. The molecule has 1 N–H and O–H groups in total. The first-order valence-electron chi connectivity index (χ1n) is 8.19. The molecule has 1 aromatic carbocycles. The third kappa shape index (κ3) is 3.45. The van der Waals surface area contributed by atoms with Gasteiger partial charge in [-0.25, -0.2) is 0 Å². The number of nitrogens with zero attached hydrogens (tertiary/aromatic N) is 2. The van der Waals surface area contributed by atoms with Gasteiger partial charge in [-0.15, -0.1) is 0 Å². The van der Waals surface area contributed by atoms with E-state index in [2.05, 4.69) is 35.3 Å². The summed E-state index contributed by atoms with van der Waals surface area (Å²) in [5.41, 5.74) is 0.553. The van der Waals surface area contributed by atoms with E-state index in [4.69, 9.17) is 0 Å². The van der Waals surface area contributed by atoms with Crippen LogP contribution >= 0.6 is 0 Å². The number of nitriles is 1. The zero-order valence-electron chi connectivity index (χ0n) is 12.9. The van der Waals surface area contributed by atoms with Crippen LogP contribution in [0.4, 0.5) is 0 Å². The summed E-state index contributed by atoms with van der Waals surface area (Å²) in [5, 5.41) is 13.6. The first-order chi connectivity index (χ1) is 10.2. The number of piperidine rings is 1. The lowest BCUT2D eigenvalue weighted by molar-refractivity contribution is 0.147. The average Bonchev–Trinajstić information content (AvgIpc) is 3.31. The van der Waals surface area contributed by atoms with E-state index in [0.717, 1.165) is 31.1 Å². The van der Waals surface area contributed by atoms with Crippen LogP contribution in [0.3, 0.4) is 0 Å². The Balaban J connectivity index is 1.82. The van der Waals surface area contributed by atoms with Crippen molar-refractivity contribution in [3.8, 4) is 6.07 Å². The predicted octanol–water partition coefficient (Wildman–Crippen LogP) is 2.89. The summed E-state index contributed by atoms with van der Waals surface area (Å²) in [6.45, 7) is 5.35. The van der Waals surface area contributed by atoms with Crippen molar-refractivity contribution in [2.45, 2.75) is 44.2 Å². The van der Waals surface area contributed by atoms with Crippen LogP contribution in [0.25, 0.3) is 0 Å². The van der Waals surface area contributed by atoms with E-state index < -0.39 is 5.54 Å². The van der Waals surface area contributed by atoms with E-state index in [1.807, 2.05) is 18.2 Å². The zero-order chi connectivity index (χ0) is 14.7. The largest absolute Gasteiger partial charge is 0.300 e. The van der Waals surface area contributed by atoms with Crippen molar-refractivity contribution in [2.75, 3.05) is 19.6 Å². The van der Waals surface area contributed by atoms with Gasteiger partial charge in [0, 0.05) is 19.1 Å². The highest BCUT2D eigenvalue weighted by Gasteiger charge is 2.39. The number of hydrogen-bond donors (Lipinski definition) is 1. The first kappa shape index (κ1) is 14.6. The van der Waals surface area contributed by atoms with Gasteiger partial charge in [-0.2, -0.15) is 5.26 Å². The molecule has 0 radical (unpaired) electrons. The maximum absolute atomic E-state index is 9.96. The van der Waals surface area contributed by atoms with Gasteiger partial charge in [0.15, 0.2) is 0 Å². The van der Waals surface area contributed by atoms with Crippen LogP contribution in [0, 0.1) is 17.2 Å². The molecule has 3 heteroatoms. The Labute approximate surface area is 128 Å². The Hall–Kier alpha value is -1.37. The second-order valence-electron chi connectivity index (χ2n) is 6.78. The van der Waals surface area contributed by atoms with Crippen molar-refractivity contribution < 1.29 is 0 Å². The maximum atomic E-state index is 9.96. The molecule has 2 fully saturated rings. The van der Waals surface area contributed by atoms with Gasteiger partial charge < -0.3 is 0 Å². The molecular weight excluding hydrogens is 258 g/mol. The van der Waals surface area contributed by atoms with Crippen molar-refractivity contribution >= 4 is 0 Å². The highest BCUT2D eigenvalue weighted by atomic mass is 15.2. The third-order valence-corrected chi connectivity index (χ3v) is 4.69. The molecule has 1 aliphatic heterocycles. The summed E-state index contributed by atoms with van der Waals surface area (Å²) >= 11 is 0. The first-order valence-corrected chi connectivity index (χ1v) is 8.19. The van der Waals surface area contributed by atoms with E-state index in [0.29, 0.717) is 6.04 Å². The maximum Gasteiger partial charge on any atom is 0.145 e. The van der Waals surface area contributed by atoms with E-state index in [-0.39, 0.29) is 0 Å². The lowest BCUT2D eigenvalue weighted by Crippen LogP contribution is -2.52. The molecule has 2 unspecified atom stereocenters. The smallest absolute Gasteiger partial charge is 0.145 e. The fourth-order valence-corrected chi connectivity index (χ4v) is 3.42. The predicted molar refractivity (Wildman–Crippen MR) is 84.7 cm³/mol. The fourth-order valence-electron chi connectivity index (χ4n) is 3.42. The molecule has 0 aromatic heterocycles. The Morgan fingerprint density at radius 2 is 2.05 bits per heavy atom. The molecule has 3 rings (SSSR count). The molecule has 0 amide bonds. The number of rotatable bonds is 5. The standard InChI is InChI=1S/C18H25N3/c1-15-6-5-11-21(12-15)14-18(13-19,20-17-9-10-17)16-7-3-2-4-8-16/h2-4,7-8,15,17,20H,5-6,9-12,14H2,1H3. The van der Waals surface area contributed by atoms with Gasteiger partial charge in [-0.3, -0.25) is 10.2 Å². The van der Waals surface area contributed by atoms with Crippen molar-refractivity contribution in [2.24, 2.45) is 5.92 Å². The second-order valence-corrected chi connectivity index (χ2v) is 6.78. The van der Waals surface area contributed by atoms with Crippen molar-refractivity contribution in [3.63, 3.8) is 0 Å².